The molecule has 1 N–H and O–H groups in total. The van der Waals surface area contributed by atoms with E-state index >= 15 is 0 Å². The molecule has 0 saturated carbocycles. The minimum absolute atomic E-state index is 0.0480. The van der Waals surface area contributed by atoms with E-state index in [-0.39, 0.29) is 23.1 Å². The van der Waals surface area contributed by atoms with Crippen molar-refractivity contribution in [3.05, 3.63) is 80.7 Å². The number of hydrogen-bond acceptors (Lipinski definition) is 5. The Hall–Kier alpha value is -3.10. The zero-order valence-corrected chi connectivity index (χ0v) is 19.8. The highest BCUT2D eigenvalue weighted by Crippen LogP contribution is 2.22. The molecule has 0 unspecified atom stereocenters. The number of fused-ring (bicyclic) bond motifs is 1. The van der Waals surface area contributed by atoms with Crippen molar-refractivity contribution in [2.24, 2.45) is 5.92 Å². The average molecular weight is 470 g/mol. The molecule has 0 radical (unpaired) electrons. The molecule has 1 saturated heterocycles. The Kier molecular flexibility index (Phi) is 9.30. The average Bonchev–Trinajstić information content (AvgIpc) is 2.85. The van der Waals surface area contributed by atoms with Crippen molar-refractivity contribution >= 4 is 16.7 Å². The Morgan fingerprint density at radius 3 is 2.26 bits per heavy atom. The van der Waals surface area contributed by atoms with Crippen LogP contribution < -0.4 is 11.2 Å². The first-order valence-corrected chi connectivity index (χ1v) is 11.8. The van der Waals surface area contributed by atoms with Gasteiger partial charge in [0.05, 0.1) is 10.9 Å². The van der Waals surface area contributed by atoms with Crippen LogP contribution in [0.25, 0.3) is 10.9 Å². The number of carbonyl (C=O) groups excluding carboxylic acids is 1. The van der Waals surface area contributed by atoms with Crippen molar-refractivity contribution in [1.82, 2.24) is 14.5 Å². The summed E-state index contributed by atoms with van der Waals surface area (Å²) in [5.74, 6) is -0.384. The summed E-state index contributed by atoms with van der Waals surface area (Å²) in [7, 11) is 0. The van der Waals surface area contributed by atoms with Crippen LogP contribution in [0.15, 0.2) is 58.1 Å². The molecule has 0 aliphatic carbocycles. The summed E-state index contributed by atoms with van der Waals surface area (Å²) in [4.78, 5) is 42.4. The maximum Gasteiger partial charge on any atom is 0.328 e. The van der Waals surface area contributed by atoms with Gasteiger partial charge < -0.3 is 14.6 Å². The molecular formula is C26H32FN3O4. The largest absolute Gasteiger partial charge is 0.382 e. The second-order valence-corrected chi connectivity index (χ2v) is 8.20. The fourth-order valence-corrected chi connectivity index (χ4v) is 4.12. The van der Waals surface area contributed by atoms with Crippen LogP contribution in [0.4, 0.5) is 4.39 Å². The van der Waals surface area contributed by atoms with Gasteiger partial charge in [0, 0.05) is 37.8 Å². The molecule has 4 rings (SSSR count). The lowest BCUT2D eigenvalue weighted by Crippen LogP contribution is -2.42. The molecule has 2 heterocycles. The van der Waals surface area contributed by atoms with Gasteiger partial charge in [0.1, 0.15) is 5.82 Å². The second-order valence-electron chi connectivity index (χ2n) is 8.20. The third kappa shape index (κ3) is 6.48. The number of piperidine rings is 1. The number of Topliss-reactive ketones (excluding diaryl/α,β-unsaturated/α-hetero) is 1. The molecule has 0 amide bonds. The fraction of sp³-hybridized carbons (Fsp3) is 0.423. The van der Waals surface area contributed by atoms with Gasteiger partial charge in [-0.15, -0.1) is 0 Å². The normalized spacial score (nSPS) is 14.6. The van der Waals surface area contributed by atoms with Crippen LogP contribution in [0.5, 0.6) is 0 Å². The fourth-order valence-electron chi connectivity index (χ4n) is 4.12. The molecule has 2 aromatic carbocycles. The van der Waals surface area contributed by atoms with Crippen molar-refractivity contribution in [3.63, 3.8) is 0 Å². The van der Waals surface area contributed by atoms with E-state index < -0.39 is 5.69 Å². The van der Waals surface area contributed by atoms with Crippen LogP contribution in [0, 0.1) is 11.7 Å². The van der Waals surface area contributed by atoms with E-state index in [4.69, 9.17) is 4.74 Å². The number of ketones is 1. The highest BCUT2D eigenvalue weighted by molar-refractivity contribution is 5.97. The van der Waals surface area contributed by atoms with E-state index in [2.05, 4.69) is 9.88 Å². The molecule has 34 heavy (non-hydrogen) atoms. The highest BCUT2D eigenvalue weighted by atomic mass is 19.1. The Bertz CT molecular complexity index is 1190. The smallest absolute Gasteiger partial charge is 0.328 e. The van der Waals surface area contributed by atoms with Gasteiger partial charge in [-0.05, 0) is 76.2 Å². The predicted octanol–water partition coefficient (Wildman–Crippen LogP) is 3.47. The zero-order valence-electron chi connectivity index (χ0n) is 19.8. The Morgan fingerprint density at radius 2 is 1.65 bits per heavy atom. The first-order valence-electron chi connectivity index (χ1n) is 11.8. The van der Waals surface area contributed by atoms with Crippen molar-refractivity contribution in [2.45, 2.75) is 33.2 Å². The lowest BCUT2D eigenvalue weighted by Gasteiger charge is -2.31. The number of benzene rings is 2. The molecule has 182 valence electrons. The number of ether oxygens (including phenoxy) is 1. The number of nitrogens with one attached hydrogen (secondary N) is 1. The molecule has 0 atom stereocenters. The van der Waals surface area contributed by atoms with Crippen LogP contribution in [0.1, 0.15) is 37.0 Å². The molecule has 7 nitrogen and oxygen atoms in total. The van der Waals surface area contributed by atoms with Crippen LogP contribution in [-0.4, -0.2) is 53.1 Å². The molecule has 1 aromatic heterocycles. The summed E-state index contributed by atoms with van der Waals surface area (Å²) in [5, 5.41) is 0.496. The number of para-hydroxylation sites is 1. The summed E-state index contributed by atoms with van der Waals surface area (Å²) in [6, 6.07) is 12.6. The first-order chi connectivity index (χ1) is 16.4. The summed E-state index contributed by atoms with van der Waals surface area (Å²) in [5.41, 5.74) is 0.388. The number of hydrogen-bond donors (Lipinski definition) is 1. The molecular weight excluding hydrogens is 437 g/mol. The van der Waals surface area contributed by atoms with E-state index in [1.165, 1.54) is 28.8 Å². The highest BCUT2D eigenvalue weighted by Gasteiger charge is 2.25. The zero-order chi connectivity index (χ0) is 24.5. The van der Waals surface area contributed by atoms with Gasteiger partial charge in [0.25, 0.3) is 5.56 Å². The number of nitrogens with zero attached hydrogens (tertiary/aromatic N) is 2. The monoisotopic (exact) mass is 469 g/mol. The van der Waals surface area contributed by atoms with Crippen molar-refractivity contribution in [3.8, 4) is 0 Å². The van der Waals surface area contributed by atoms with Crippen LogP contribution >= 0.6 is 0 Å². The lowest BCUT2D eigenvalue weighted by atomic mass is 9.89. The molecule has 0 spiro atoms. The number of aromatic nitrogens is 2. The maximum absolute atomic E-state index is 13.0. The predicted molar refractivity (Wildman–Crippen MR) is 131 cm³/mol. The third-order valence-corrected chi connectivity index (χ3v) is 6.02. The number of carbonyl (C=O) groups is 1. The Balaban J connectivity index is 0.000000588. The van der Waals surface area contributed by atoms with E-state index in [0.29, 0.717) is 42.4 Å². The third-order valence-electron chi connectivity index (χ3n) is 6.02. The molecule has 1 fully saturated rings. The van der Waals surface area contributed by atoms with Gasteiger partial charge in [-0.1, -0.05) is 12.1 Å². The quantitative estimate of drug-likeness (QED) is 0.536. The van der Waals surface area contributed by atoms with Crippen molar-refractivity contribution < 1.29 is 13.9 Å². The second kappa shape index (κ2) is 12.4. The van der Waals surface area contributed by atoms with Gasteiger partial charge in [-0.25, -0.2) is 9.18 Å². The van der Waals surface area contributed by atoms with Crippen LogP contribution in [0.2, 0.25) is 0 Å². The lowest BCUT2D eigenvalue weighted by molar-refractivity contribution is 0.0837. The number of halogens is 1. The first kappa shape index (κ1) is 25.5. The van der Waals surface area contributed by atoms with E-state index in [1.54, 1.807) is 24.3 Å². The molecule has 1 aliphatic rings. The van der Waals surface area contributed by atoms with Crippen LogP contribution in [-0.2, 0) is 11.3 Å². The number of rotatable bonds is 7. The number of likely N-dealkylation sites (tertiary alicyclic amines) is 1. The summed E-state index contributed by atoms with van der Waals surface area (Å²) < 4.78 is 19.1. The van der Waals surface area contributed by atoms with Crippen molar-refractivity contribution in [1.29, 1.82) is 0 Å². The minimum atomic E-state index is -0.407. The van der Waals surface area contributed by atoms with Gasteiger partial charge in [-0.3, -0.25) is 14.2 Å². The van der Waals surface area contributed by atoms with E-state index in [0.717, 1.165) is 26.3 Å². The van der Waals surface area contributed by atoms with E-state index in [1.807, 2.05) is 13.8 Å². The van der Waals surface area contributed by atoms with Crippen LogP contribution in [0.3, 0.4) is 0 Å². The topological polar surface area (TPSA) is 84.4 Å². The summed E-state index contributed by atoms with van der Waals surface area (Å²) in [6.07, 6.45) is 1.42. The minimum Gasteiger partial charge on any atom is -0.382 e. The summed E-state index contributed by atoms with van der Waals surface area (Å²) in [6.45, 7) is 7.98. The van der Waals surface area contributed by atoms with Gasteiger partial charge >= 0.3 is 5.69 Å². The standard InChI is InChI=1S/C22H22FN3O3.C4H10O/c23-17-7-5-15(6-8-17)20(27)16-9-11-25(12-10-16)13-14-26-21(28)18-3-1-2-4-19(18)24-22(26)29;1-3-5-4-2/h1-8,16H,9-14H2,(H,24,29);3-4H2,1-2H3. The molecule has 0 bridgehead atoms. The van der Waals surface area contributed by atoms with E-state index in [9.17, 15) is 18.8 Å². The molecule has 3 aromatic rings. The summed E-state index contributed by atoms with van der Waals surface area (Å²) >= 11 is 0. The van der Waals surface area contributed by atoms with Gasteiger partial charge in [0.15, 0.2) is 5.78 Å². The Labute approximate surface area is 198 Å². The van der Waals surface area contributed by atoms with Crippen molar-refractivity contribution in [2.75, 3.05) is 32.8 Å². The molecule has 1 aliphatic heterocycles. The molecule has 8 heteroatoms. The van der Waals surface area contributed by atoms with Gasteiger partial charge in [-0.2, -0.15) is 0 Å². The SMILES string of the molecule is CCOCC.O=C(c1ccc(F)cc1)C1CCN(CCn2c(=O)[nH]c3ccccc3c2=O)CC1. The van der Waals surface area contributed by atoms with Gasteiger partial charge in [0.2, 0.25) is 0 Å². The number of H-pyrrole nitrogens is 1. The number of aromatic amines is 1. The maximum atomic E-state index is 13.0. The Morgan fingerprint density at radius 1 is 1.00 bits per heavy atom.